The molecule has 7 nitrogen and oxygen atoms in total. The molecule has 4 heterocycles. The Balaban J connectivity index is 1.39. The molecule has 202 valence electrons. The lowest BCUT2D eigenvalue weighted by atomic mass is 9.95. The highest BCUT2D eigenvalue weighted by atomic mass is 32.2. The molecule has 1 N–H and O–H groups in total. The number of nitrogens with zero attached hydrogens (tertiary/aromatic N) is 4. The van der Waals surface area contributed by atoms with Crippen molar-refractivity contribution < 1.29 is 14.7 Å². The normalized spacial score (nSPS) is 17.1. The summed E-state index contributed by atoms with van der Waals surface area (Å²) in [5.74, 6) is -0.998. The van der Waals surface area contributed by atoms with Crippen molar-refractivity contribution in [3.63, 3.8) is 0 Å². The van der Waals surface area contributed by atoms with Gasteiger partial charge in [0.2, 0.25) is 0 Å². The fraction of sp³-hybridized carbons (Fsp3) is 0.226. The van der Waals surface area contributed by atoms with Gasteiger partial charge in [0.1, 0.15) is 5.00 Å². The van der Waals surface area contributed by atoms with E-state index in [2.05, 4.69) is 4.98 Å². The quantitative estimate of drug-likeness (QED) is 0.255. The molecule has 0 unspecified atom stereocenters. The van der Waals surface area contributed by atoms with Crippen LogP contribution in [0.2, 0.25) is 0 Å². The second-order valence-electron chi connectivity index (χ2n) is 9.95. The Morgan fingerprint density at radius 3 is 2.67 bits per heavy atom. The lowest BCUT2D eigenvalue weighted by Crippen LogP contribution is -2.28. The van der Waals surface area contributed by atoms with Crippen molar-refractivity contribution in [2.45, 2.75) is 46.1 Å². The highest BCUT2D eigenvalue weighted by molar-refractivity contribution is 8.18. The van der Waals surface area contributed by atoms with Crippen LogP contribution in [0.5, 0.6) is 0 Å². The van der Waals surface area contributed by atoms with Crippen molar-refractivity contribution >= 4 is 51.9 Å². The summed E-state index contributed by atoms with van der Waals surface area (Å²) in [6.07, 6.45) is 9.23. The Morgan fingerprint density at radius 2 is 1.93 bits per heavy atom. The number of hydrogen-bond acceptors (Lipinski definition) is 6. The number of carbonyl (C=O) groups is 2. The molecule has 2 aliphatic rings. The topological polar surface area (TPSA) is 87.8 Å². The van der Waals surface area contributed by atoms with Crippen LogP contribution in [-0.2, 0) is 24.2 Å². The molecular weight excluding hydrogens is 541 g/mol. The second-order valence-corrected chi connectivity index (χ2v) is 12.0. The largest absolute Gasteiger partial charge is 0.478 e. The number of aryl methyl sites for hydroxylation is 2. The monoisotopic (exact) mass is 568 g/mol. The van der Waals surface area contributed by atoms with E-state index in [9.17, 15) is 14.7 Å². The zero-order chi connectivity index (χ0) is 27.8. The molecule has 1 saturated heterocycles. The zero-order valence-electron chi connectivity index (χ0n) is 22.3. The zero-order valence-corrected chi connectivity index (χ0v) is 23.9. The maximum Gasteiger partial charge on any atom is 0.339 e. The van der Waals surface area contributed by atoms with Gasteiger partial charge in [-0.15, -0.1) is 11.3 Å². The lowest BCUT2D eigenvalue weighted by Gasteiger charge is -2.15. The van der Waals surface area contributed by atoms with Crippen LogP contribution < -0.4 is 0 Å². The van der Waals surface area contributed by atoms with Gasteiger partial charge in [-0.1, -0.05) is 24.3 Å². The summed E-state index contributed by atoms with van der Waals surface area (Å²) in [6.45, 7) is 4.34. The van der Waals surface area contributed by atoms with Crippen molar-refractivity contribution in [1.82, 2.24) is 14.5 Å². The molecule has 1 aliphatic carbocycles. The first-order valence-electron chi connectivity index (χ1n) is 13.2. The summed E-state index contributed by atoms with van der Waals surface area (Å²) in [4.78, 5) is 38.5. The number of para-hydroxylation sites is 1. The molecule has 0 atom stereocenters. The molecule has 6 rings (SSSR count). The number of thioether (sulfide) groups is 1. The Hall–Kier alpha value is -3.95. The fourth-order valence-corrected chi connectivity index (χ4v) is 7.82. The molecule has 1 aromatic carbocycles. The molecule has 1 aliphatic heterocycles. The summed E-state index contributed by atoms with van der Waals surface area (Å²) in [6, 6.07) is 15.4. The molecule has 0 saturated carbocycles. The number of aliphatic imine (C=N–C) groups is 1. The Bertz CT molecular complexity index is 1670. The molecule has 40 heavy (non-hydrogen) atoms. The predicted octanol–water partition coefficient (Wildman–Crippen LogP) is 6.93. The van der Waals surface area contributed by atoms with Crippen LogP contribution in [0.3, 0.4) is 0 Å². The van der Waals surface area contributed by atoms with Gasteiger partial charge in [-0.3, -0.25) is 14.7 Å². The smallest absolute Gasteiger partial charge is 0.339 e. The van der Waals surface area contributed by atoms with Crippen molar-refractivity contribution in [2.24, 2.45) is 4.99 Å². The summed E-state index contributed by atoms with van der Waals surface area (Å²) in [7, 11) is 0. The number of carboxylic acid groups (broad SMARTS) is 1. The number of carboxylic acids is 1. The fourth-order valence-electron chi connectivity index (χ4n) is 5.33. The van der Waals surface area contributed by atoms with Crippen molar-refractivity contribution in [3.05, 3.63) is 104 Å². The molecular formula is C31H28N4O3S2. The number of fused-ring (bicyclic) bond motifs is 1. The first-order valence-corrected chi connectivity index (χ1v) is 14.8. The molecule has 3 aromatic heterocycles. The number of pyridine rings is 1. The van der Waals surface area contributed by atoms with E-state index in [-0.39, 0.29) is 5.91 Å². The van der Waals surface area contributed by atoms with Crippen LogP contribution in [0, 0.1) is 13.8 Å². The Kier molecular flexibility index (Phi) is 7.16. The van der Waals surface area contributed by atoms with E-state index in [1.54, 1.807) is 28.6 Å². The summed E-state index contributed by atoms with van der Waals surface area (Å²) in [5.41, 5.74) is 5.83. The number of amides is 1. The van der Waals surface area contributed by atoms with Gasteiger partial charge in [0.15, 0.2) is 5.17 Å². The highest BCUT2D eigenvalue weighted by Gasteiger charge is 2.34. The molecule has 1 fully saturated rings. The molecule has 1 amide bonds. The van der Waals surface area contributed by atoms with Gasteiger partial charge in [-0.25, -0.2) is 9.79 Å². The number of thiophene rings is 1. The minimum atomic E-state index is -0.879. The van der Waals surface area contributed by atoms with Crippen molar-refractivity contribution in [2.75, 3.05) is 0 Å². The van der Waals surface area contributed by atoms with Gasteiger partial charge in [0.05, 0.1) is 22.7 Å². The summed E-state index contributed by atoms with van der Waals surface area (Å²) in [5, 5.41) is 11.5. The molecule has 0 radical (unpaired) electrons. The Morgan fingerprint density at radius 1 is 1.12 bits per heavy atom. The van der Waals surface area contributed by atoms with E-state index >= 15 is 0 Å². The van der Waals surface area contributed by atoms with Gasteiger partial charge < -0.3 is 9.67 Å². The van der Waals surface area contributed by atoms with E-state index in [1.165, 1.54) is 16.6 Å². The molecule has 0 bridgehead atoms. The summed E-state index contributed by atoms with van der Waals surface area (Å²) >= 11 is 2.94. The SMILES string of the molecule is Cc1cc(/C=C2\SC(=Nc3ccccc3)N(Cc3cccnc3)C2=O)c(C)n1-c1sc2c(c1C(=O)O)CCCC2. The standard InChI is InChI=1S/C31H28N4O3S2/c1-19-15-22(20(2)35(19)29-27(30(37)38)24-12-6-7-13-25(24)39-29)16-26-28(36)34(18-21-9-8-14-32-17-21)31(40-26)33-23-10-4-3-5-11-23/h3-5,8-11,14-17H,6-7,12-13,18H2,1-2H3,(H,37,38)/b26-16-,33-31?. The third kappa shape index (κ3) is 4.91. The van der Waals surface area contributed by atoms with E-state index in [4.69, 9.17) is 4.99 Å². The first kappa shape index (κ1) is 26.3. The second kappa shape index (κ2) is 10.9. The average Bonchev–Trinajstić information content (AvgIpc) is 3.56. The van der Waals surface area contributed by atoms with E-state index in [1.807, 2.05) is 73.0 Å². The van der Waals surface area contributed by atoms with Crippen LogP contribution in [0.25, 0.3) is 11.1 Å². The number of aromatic carboxylic acids is 1. The molecule has 0 spiro atoms. The van der Waals surface area contributed by atoms with E-state index in [0.29, 0.717) is 22.2 Å². The summed E-state index contributed by atoms with van der Waals surface area (Å²) < 4.78 is 2.04. The lowest BCUT2D eigenvalue weighted by molar-refractivity contribution is -0.122. The van der Waals surface area contributed by atoms with Crippen LogP contribution in [0.4, 0.5) is 5.69 Å². The number of carbonyl (C=O) groups excluding carboxylic acids is 1. The van der Waals surface area contributed by atoms with Gasteiger partial charge in [0.25, 0.3) is 5.91 Å². The van der Waals surface area contributed by atoms with Crippen molar-refractivity contribution in [3.8, 4) is 5.00 Å². The van der Waals surface area contributed by atoms with Gasteiger partial charge in [0, 0.05) is 28.7 Å². The number of rotatable bonds is 6. The number of amidine groups is 1. The van der Waals surface area contributed by atoms with Crippen LogP contribution in [0.1, 0.15) is 56.2 Å². The third-order valence-electron chi connectivity index (χ3n) is 7.26. The first-order chi connectivity index (χ1) is 19.4. The molecule has 4 aromatic rings. The van der Waals surface area contributed by atoms with Crippen LogP contribution in [-0.4, -0.2) is 36.6 Å². The van der Waals surface area contributed by atoms with Gasteiger partial charge >= 0.3 is 5.97 Å². The maximum atomic E-state index is 13.7. The van der Waals surface area contributed by atoms with E-state index in [0.717, 1.165) is 64.4 Å². The van der Waals surface area contributed by atoms with Crippen LogP contribution in [0.15, 0.2) is 70.8 Å². The minimum absolute atomic E-state index is 0.119. The highest BCUT2D eigenvalue weighted by Crippen LogP contribution is 2.40. The molecule has 9 heteroatoms. The minimum Gasteiger partial charge on any atom is -0.478 e. The van der Waals surface area contributed by atoms with Crippen LogP contribution >= 0.6 is 23.1 Å². The maximum absolute atomic E-state index is 13.7. The number of aromatic nitrogens is 2. The average molecular weight is 569 g/mol. The van der Waals surface area contributed by atoms with Crippen molar-refractivity contribution in [1.29, 1.82) is 0 Å². The number of hydrogen-bond donors (Lipinski definition) is 1. The predicted molar refractivity (Wildman–Crippen MR) is 161 cm³/mol. The Labute approximate surface area is 240 Å². The third-order valence-corrected chi connectivity index (χ3v) is 9.54. The van der Waals surface area contributed by atoms with E-state index < -0.39 is 5.97 Å². The van der Waals surface area contributed by atoms with Gasteiger partial charge in [-0.05, 0) is 98.3 Å². The number of benzene rings is 1. The van der Waals surface area contributed by atoms with Gasteiger partial charge in [-0.2, -0.15) is 0 Å².